The van der Waals surface area contributed by atoms with E-state index in [0.29, 0.717) is 18.7 Å². The number of aromatic hydroxyl groups is 1. The Morgan fingerprint density at radius 2 is 2.04 bits per heavy atom. The second-order valence-corrected chi connectivity index (χ2v) is 6.43. The number of carbonyl (C=O) groups is 1. The second-order valence-electron chi connectivity index (χ2n) is 6.43. The maximum absolute atomic E-state index is 12.1. The maximum Gasteiger partial charge on any atom is 0.251 e. The standard InChI is InChI=1S/C21H26N4O2/c1-2-22-21(25-14-11-16-7-3-4-10-19(16)25)24-13-6-12-23-20(27)17-8-5-9-18(26)15-17/h3-5,7-10,15,26H,2,6,11-14H2,1H3,(H,22,24)(H,23,27). The first-order valence-electron chi connectivity index (χ1n) is 9.40. The molecule has 0 spiro atoms. The van der Waals surface area contributed by atoms with Crippen molar-refractivity contribution in [3.63, 3.8) is 0 Å². The van der Waals surface area contributed by atoms with Crippen molar-refractivity contribution in [1.82, 2.24) is 10.6 Å². The smallest absolute Gasteiger partial charge is 0.251 e. The van der Waals surface area contributed by atoms with Crippen molar-refractivity contribution in [3.05, 3.63) is 59.7 Å². The molecule has 0 saturated carbocycles. The minimum absolute atomic E-state index is 0.0911. The number of para-hydroxylation sites is 1. The van der Waals surface area contributed by atoms with Crippen molar-refractivity contribution in [2.24, 2.45) is 4.99 Å². The molecule has 0 saturated heterocycles. The third-order valence-electron chi connectivity index (χ3n) is 4.47. The third kappa shape index (κ3) is 4.78. The van der Waals surface area contributed by atoms with E-state index in [1.165, 1.54) is 17.3 Å². The van der Waals surface area contributed by atoms with Gasteiger partial charge in [-0.05, 0) is 49.6 Å². The summed E-state index contributed by atoms with van der Waals surface area (Å²) >= 11 is 0. The summed E-state index contributed by atoms with van der Waals surface area (Å²) in [6.45, 7) is 4.97. The van der Waals surface area contributed by atoms with Gasteiger partial charge in [-0.2, -0.15) is 0 Å². The molecule has 3 N–H and O–H groups in total. The number of fused-ring (bicyclic) bond motifs is 1. The van der Waals surface area contributed by atoms with E-state index < -0.39 is 0 Å². The lowest BCUT2D eigenvalue weighted by Gasteiger charge is -2.22. The van der Waals surface area contributed by atoms with Gasteiger partial charge in [-0.15, -0.1) is 0 Å². The molecule has 0 aliphatic carbocycles. The average molecular weight is 366 g/mol. The molecule has 0 atom stereocenters. The number of carbonyl (C=O) groups excluding carboxylic acids is 1. The van der Waals surface area contributed by atoms with Crippen molar-refractivity contribution in [2.75, 3.05) is 31.1 Å². The van der Waals surface area contributed by atoms with E-state index in [1.54, 1.807) is 18.2 Å². The van der Waals surface area contributed by atoms with Crippen LogP contribution in [0.1, 0.15) is 29.3 Å². The molecule has 1 aliphatic rings. The molecule has 6 heteroatoms. The highest BCUT2D eigenvalue weighted by atomic mass is 16.3. The molecule has 0 radical (unpaired) electrons. The van der Waals surface area contributed by atoms with Crippen LogP contribution in [0.3, 0.4) is 0 Å². The normalized spacial score (nSPS) is 13.4. The fraction of sp³-hybridized carbons (Fsp3) is 0.333. The maximum atomic E-state index is 12.1. The summed E-state index contributed by atoms with van der Waals surface area (Å²) in [4.78, 5) is 19.0. The molecule has 0 unspecified atom stereocenters. The average Bonchev–Trinajstić information content (AvgIpc) is 3.11. The summed E-state index contributed by atoms with van der Waals surface area (Å²) in [5.74, 6) is 0.797. The molecule has 0 aromatic heterocycles. The number of nitrogens with zero attached hydrogens (tertiary/aromatic N) is 2. The number of anilines is 1. The lowest BCUT2D eigenvalue weighted by atomic mass is 10.2. The van der Waals surface area contributed by atoms with E-state index in [4.69, 9.17) is 4.99 Å². The Balaban J connectivity index is 1.52. The van der Waals surface area contributed by atoms with Crippen molar-refractivity contribution in [1.29, 1.82) is 0 Å². The monoisotopic (exact) mass is 366 g/mol. The van der Waals surface area contributed by atoms with E-state index in [0.717, 1.165) is 31.9 Å². The van der Waals surface area contributed by atoms with Crippen LogP contribution in [0.5, 0.6) is 5.75 Å². The van der Waals surface area contributed by atoms with E-state index in [9.17, 15) is 9.90 Å². The molecule has 1 amide bonds. The van der Waals surface area contributed by atoms with Gasteiger partial charge in [-0.1, -0.05) is 24.3 Å². The second kappa shape index (κ2) is 9.07. The van der Waals surface area contributed by atoms with Crippen LogP contribution in [0.25, 0.3) is 0 Å². The van der Waals surface area contributed by atoms with E-state index in [1.807, 2.05) is 0 Å². The SMILES string of the molecule is CCNC(=NCCCNC(=O)c1cccc(O)c1)N1CCc2ccccc21. The zero-order valence-electron chi connectivity index (χ0n) is 15.6. The van der Waals surface area contributed by atoms with Crippen LogP contribution in [0, 0.1) is 0 Å². The Bertz CT molecular complexity index is 819. The fourth-order valence-electron chi connectivity index (χ4n) is 3.17. The molecule has 1 aliphatic heterocycles. The molecule has 2 aromatic rings. The first-order chi connectivity index (χ1) is 13.2. The van der Waals surface area contributed by atoms with Crippen LogP contribution in [-0.2, 0) is 6.42 Å². The number of phenolic OH excluding ortho intramolecular Hbond substituents is 1. The highest BCUT2D eigenvalue weighted by Crippen LogP contribution is 2.27. The van der Waals surface area contributed by atoms with E-state index in [2.05, 4.69) is 46.7 Å². The Hall–Kier alpha value is -3.02. The lowest BCUT2D eigenvalue weighted by Crippen LogP contribution is -2.40. The summed E-state index contributed by atoms with van der Waals surface area (Å²) in [6.07, 6.45) is 1.77. The Kier molecular flexibility index (Phi) is 6.30. The number of rotatable bonds is 6. The van der Waals surface area contributed by atoms with Gasteiger partial charge in [-0.3, -0.25) is 9.79 Å². The van der Waals surface area contributed by atoms with Crippen molar-refractivity contribution in [3.8, 4) is 5.75 Å². The lowest BCUT2D eigenvalue weighted by molar-refractivity contribution is 0.0953. The highest BCUT2D eigenvalue weighted by Gasteiger charge is 2.22. The quantitative estimate of drug-likeness (QED) is 0.417. The first kappa shape index (κ1) is 18.8. The van der Waals surface area contributed by atoms with Crippen LogP contribution in [0.4, 0.5) is 5.69 Å². The van der Waals surface area contributed by atoms with Gasteiger partial charge >= 0.3 is 0 Å². The number of hydrogen-bond donors (Lipinski definition) is 3. The summed E-state index contributed by atoms with van der Waals surface area (Å²) in [7, 11) is 0. The summed E-state index contributed by atoms with van der Waals surface area (Å²) in [5, 5.41) is 15.7. The third-order valence-corrected chi connectivity index (χ3v) is 4.47. The number of nitrogens with one attached hydrogen (secondary N) is 2. The van der Waals surface area contributed by atoms with Crippen molar-refractivity contribution >= 4 is 17.6 Å². The summed E-state index contributed by atoms with van der Waals surface area (Å²) in [6, 6.07) is 14.8. The summed E-state index contributed by atoms with van der Waals surface area (Å²) in [5.41, 5.74) is 3.02. The zero-order valence-corrected chi connectivity index (χ0v) is 15.6. The minimum Gasteiger partial charge on any atom is -0.508 e. The molecule has 1 heterocycles. The number of aliphatic imine (C=N–C) groups is 1. The van der Waals surface area contributed by atoms with Gasteiger partial charge in [-0.25, -0.2) is 0 Å². The van der Waals surface area contributed by atoms with Crippen molar-refractivity contribution < 1.29 is 9.90 Å². The van der Waals surface area contributed by atoms with Crippen LogP contribution in [-0.4, -0.2) is 43.2 Å². The molecule has 3 rings (SSSR count). The highest BCUT2D eigenvalue weighted by molar-refractivity contribution is 5.98. The largest absolute Gasteiger partial charge is 0.508 e. The van der Waals surface area contributed by atoms with Crippen LogP contribution in [0.2, 0.25) is 0 Å². The molecule has 142 valence electrons. The van der Waals surface area contributed by atoms with Gasteiger partial charge in [0, 0.05) is 37.4 Å². The van der Waals surface area contributed by atoms with Gasteiger partial charge < -0.3 is 20.6 Å². The molecule has 2 aromatic carbocycles. The van der Waals surface area contributed by atoms with Gasteiger partial charge in [0.25, 0.3) is 5.91 Å². The van der Waals surface area contributed by atoms with Gasteiger partial charge in [0.2, 0.25) is 0 Å². The molecular formula is C21H26N4O2. The van der Waals surface area contributed by atoms with Gasteiger partial charge in [0.1, 0.15) is 5.75 Å². The number of guanidine groups is 1. The van der Waals surface area contributed by atoms with Crippen LogP contribution in [0.15, 0.2) is 53.5 Å². The Morgan fingerprint density at radius 1 is 1.19 bits per heavy atom. The minimum atomic E-state index is -0.185. The topological polar surface area (TPSA) is 77.0 Å². The van der Waals surface area contributed by atoms with Crippen LogP contribution < -0.4 is 15.5 Å². The number of amides is 1. The Labute approximate surface area is 159 Å². The molecule has 0 bridgehead atoms. The summed E-state index contributed by atoms with van der Waals surface area (Å²) < 4.78 is 0. The van der Waals surface area contributed by atoms with Crippen LogP contribution >= 0.6 is 0 Å². The zero-order chi connectivity index (χ0) is 19.1. The van der Waals surface area contributed by atoms with E-state index in [-0.39, 0.29) is 11.7 Å². The molecule has 6 nitrogen and oxygen atoms in total. The number of phenols is 1. The predicted molar refractivity (Wildman–Crippen MR) is 109 cm³/mol. The van der Waals surface area contributed by atoms with Gasteiger partial charge in [0.15, 0.2) is 5.96 Å². The number of benzene rings is 2. The Morgan fingerprint density at radius 3 is 2.85 bits per heavy atom. The van der Waals surface area contributed by atoms with Crippen molar-refractivity contribution in [2.45, 2.75) is 19.8 Å². The fourth-order valence-corrected chi connectivity index (χ4v) is 3.17. The molecular weight excluding hydrogens is 340 g/mol. The number of hydrogen-bond acceptors (Lipinski definition) is 3. The molecule has 0 fully saturated rings. The molecule has 27 heavy (non-hydrogen) atoms. The predicted octanol–water partition coefficient (Wildman–Crippen LogP) is 2.54. The van der Waals surface area contributed by atoms with Gasteiger partial charge in [0.05, 0.1) is 0 Å². The van der Waals surface area contributed by atoms with E-state index >= 15 is 0 Å². The first-order valence-corrected chi connectivity index (χ1v) is 9.40.